The summed E-state index contributed by atoms with van der Waals surface area (Å²) >= 11 is 0. The summed E-state index contributed by atoms with van der Waals surface area (Å²) in [6.45, 7) is 4.62. The minimum Gasteiger partial charge on any atom is -0.381 e. The third-order valence-electron chi connectivity index (χ3n) is 4.14. The zero-order valence-corrected chi connectivity index (χ0v) is 12.4. The highest BCUT2D eigenvalue weighted by atomic mass is 16.5. The average Bonchev–Trinajstić information content (AvgIpc) is 3.01. The molecule has 3 N–H and O–H groups in total. The summed E-state index contributed by atoms with van der Waals surface area (Å²) in [4.78, 5) is 15.1. The number of aromatic nitrogens is 3. The van der Waals surface area contributed by atoms with E-state index in [1.807, 2.05) is 0 Å². The lowest BCUT2D eigenvalue weighted by atomic mass is 10.1. The topological polar surface area (TPSA) is 89.2 Å². The molecule has 116 valence electrons. The van der Waals surface area contributed by atoms with Crippen LogP contribution in [0.15, 0.2) is 0 Å². The molecule has 2 aliphatic heterocycles. The van der Waals surface area contributed by atoms with E-state index in [0.717, 1.165) is 45.7 Å². The number of anilines is 3. The molecule has 0 bridgehead atoms. The van der Waals surface area contributed by atoms with E-state index in [2.05, 4.69) is 25.2 Å². The second-order valence-corrected chi connectivity index (χ2v) is 5.81. The number of ether oxygens (including phenoxy) is 1. The van der Waals surface area contributed by atoms with E-state index < -0.39 is 0 Å². The van der Waals surface area contributed by atoms with E-state index >= 15 is 0 Å². The van der Waals surface area contributed by atoms with Crippen molar-refractivity contribution in [3.8, 4) is 0 Å². The van der Waals surface area contributed by atoms with Gasteiger partial charge in [0.25, 0.3) is 0 Å². The van der Waals surface area contributed by atoms with Crippen LogP contribution in [0.5, 0.6) is 0 Å². The Kier molecular flexibility index (Phi) is 4.69. The third kappa shape index (κ3) is 3.93. The maximum absolute atomic E-state index is 5.81. The first-order valence-corrected chi connectivity index (χ1v) is 7.89. The third-order valence-corrected chi connectivity index (χ3v) is 4.14. The van der Waals surface area contributed by atoms with Crippen molar-refractivity contribution >= 4 is 17.8 Å². The zero-order valence-electron chi connectivity index (χ0n) is 12.4. The van der Waals surface area contributed by atoms with Crippen molar-refractivity contribution in [2.45, 2.75) is 32.1 Å². The number of piperidine rings is 1. The molecule has 2 aliphatic rings. The van der Waals surface area contributed by atoms with Crippen LogP contribution >= 0.6 is 0 Å². The first kappa shape index (κ1) is 14.3. The second kappa shape index (κ2) is 6.89. The maximum Gasteiger partial charge on any atom is 0.231 e. The van der Waals surface area contributed by atoms with Crippen LogP contribution in [-0.2, 0) is 4.74 Å². The highest BCUT2D eigenvalue weighted by Crippen LogP contribution is 2.19. The fraction of sp³-hybridized carbons (Fsp3) is 0.786. The highest BCUT2D eigenvalue weighted by Gasteiger charge is 2.17. The Morgan fingerprint density at radius 1 is 1.19 bits per heavy atom. The fourth-order valence-electron chi connectivity index (χ4n) is 2.89. The van der Waals surface area contributed by atoms with E-state index in [-0.39, 0.29) is 5.95 Å². The monoisotopic (exact) mass is 292 g/mol. The van der Waals surface area contributed by atoms with E-state index in [9.17, 15) is 0 Å². The molecular formula is C14H24N6O. The molecule has 1 aromatic rings. The largest absolute Gasteiger partial charge is 0.381 e. The summed E-state index contributed by atoms with van der Waals surface area (Å²) in [6, 6.07) is 0. The lowest BCUT2D eigenvalue weighted by Crippen LogP contribution is -2.31. The first-order valence-electron chi connectivity index (χ1n) is 7.89. The van der Waals surface area contributed by atoms with Crippen molar-refractivity contribution in [2.24, 2.45) is 5.92 Å². The molecule has 0 aliphatic carbocycles. The Bertz CT molecular complexity index is 457. The van der Waals surface area contributed by atoms with Gasteiger partial charge in [0, 0.05) is 32.8 Å². The van der Waals surface area contributed by atoms with Crippen molar-refractivity contribution < 1.29 is 4.74 Å². The van der Waals surface area contributed by atoms with Crippen molar-refractivity contribution in [2.75, 3.05) is 48.8 Å². The van der Waals surface area contributed by atoms with Crippen LogP contribution in [0.3, 0.4) is 0 Å². The molecule has 0 aromatic carbocycles. The Balaban J connectivity index is 1.57. The molecule has 7 heteroatoms. The van der Waals surface area contributed by atoms with E-state index in [0.29, 0.717) is 17.8 Å². The molecule has 1 aromatic heterocycles. The predicted molar refractivity (Wildman–Crippen MR) is 82.3 cm³/mol. The van der Waals surface area contributed by atoms with Gasteiger partial charge in [-0.2, -0.15) is 15.0 Å². The van der Waals surface area contributed by atoms with E-state index in [1.165, 1.54) is 19.3 Å². The Hall–Kier alpha value is -1.63. The Morgan fingerprint density at radius 2 is 2.05 bits per heavy atom. The van der Waals surface area contributed by atoms with Crippen LogP contribution in [0.2, 0.25) is 0 Å². The van der Waals surface area contributed by atoms with Crippen LogP contribution in [0, 0.1) is 5.92 Å². The fourth-order valence-corrected chi connectivity index (χ4v) is 2.89. The van der Waals surface area contributed by atoms with Gasteiger partial charge in [0.15, 0.2) is 0 Å². The number of nitrogens with two attached hydrogens (primary N) is 1. The smallest absolute Gasteiger partial charge is 0.231 e. The summed E-state index contributed by atoms with van der Waals surface area (Å²) < 4.78 is 5.38. The molecule has 21 heavy (non-hydrogen) atoms. The molecule has 2 fully saturated rings. The minimum absolute atomic E-state index is 0.289. The second-order valence-electron chi connectivity index (χ2n) is 5.81. The van der Waals surface area contributed by atoms with Gasteiger partial charge in [0.05, 0.1) is 0 Å². The van der Waals surface area contributed by atoms with Gasteiger partial charge in [-0.25, -0.2) is 0 Å². The molecule has 2 saturated heterocycles. The summed E-state index contributed by atoms with van der Waals surface area (Å²) in [5, 5.41) is 3.27. The molecule has 3 rings (SSSR count). The summed E-state index contributed by atoms with van der Waals surface area (Å²) in [5.74, 6) is 2.23. The quantitative estimate of drug-likeness (QED) is 0.845. The van der Waals surface area contributed by atoms with Gasteiger partial charge in [0.2, 0.25) is 17.8 Å². The minimum atomic E-state index is 0.289. The average molecular weight is 292 g/mol. The molecule has 0 radical (unpaired) electrons. The van der Waals surface area contributed by atoms with E-state index in [1.54, 1.807) is 0 Å². The van der Waals surface area contributed by atoms with Gasteiger partial charge in [-0.1, -0.05) is 0 Å². The normalized spacial score (nSPS) is 22.5. The number of nitrogens with one attached hydrogen (secondary N) is 1. The zero-order chi connectivity index (χ0) is 14.5. The first-order chi connectivity index (χ1) is 10.3. The summed E-state index contributed by atoms with van der Waals surface area (Å²) in [5.41, 5.74) is 5.81. The number of nitrogen functional groups attached to an aromatic ring is 1. The van der Waals surface area contributed by atoms with Gasteiger partial charge < -0.3 is 20.7 Å². The summed E-state index contributed by atoms with van der Waals surface area (Å²) in [7, 11) is 0. The standard InChI is InChI=1S/C14H24N6O/c15-12-17-13(16-6-4-11-5-9-21-10-11)19-14(18-12)20-7-2-1-3-8-20/h11H,1-10H2,(H3,15,16,17,18,19). The van der Waals surface area contributed by atoms with Crippen molar-refractivity contribution in [1.29, 1.82) is 0 Å². The SMILES string of the molecule is Nc1nc(NCCC2CCOC2)nc(N2CCCCC2)n1. The summed E-state index contributed by atoms with van der Waals surface area (Å²) in [6.07, 6.45) is 5.89. The number of hydrogen-bond donors (Lipinski definition) is 2. The van der Waals surface area contributed by atoms with Gasteiger partial charge in [0.1, 0.15) is 0 Å². The molecular weight excluding hydrogens is 268 g/mol. The number of nitrogens with zero attached hydrogens (tertiary/aromatic N) is 4. The molecule has 0 saturated carbocycles. The predicted octanol–water partition coefficient (Wildman–Crippen LogP) is 1.28. The van der Waals surface area contributed by atoms with Crippen LogP contribution in [0.4, 0.5) is 17.8 Å². The van der Waals surface area contributed by atoms with Crippen LogP contribution in [-0.4, -0.2) is 47.8 Å². The van der Waals surface area contributed by atoms with Crippen molar-refractivity contribution in [1.82, 2.24) is 15.0 Å². The van der Waals surface area contributed by atoms with Gasteiger partial charge in [-0.15, -0.1) is 0 Å². The van der Waals surface area contributed by atoms with Gasteiger partial charge >= 0.3 is 0 Å². The molecule has 7 nitrogen and oxygen atoms in total. The maximum atomic E-state index is 5.81. The lowest BCUT2D eigenvalue weighted by Gasteiger charge is -2.26. The Labute approximate surface area is 125 Å². The van der Waals surface area contributed by atoms with E-state index in [4.69, 9.17) is 10.5 Å². The van der Waals surface area contributed by atoms with Crippen LogP contribution in [0.25, 0.3) is 0 Å². The molecule has 1 atom stereocenters. The number of rotatable bonds is 5. The molecule has 0 spiro atoms. The highest BCUT2D eigenvalue weighted by molar-refractivity contribution is 5.42. The van der Waals surface area contributed by atoms with Crippen LogP contribution < -0.4 is 16.0 Å². The van der Waals surface area contributed by atoms with Gasteiger partial charge in [-0.3, -0.25) is 0 Å². The van der Waals surface area contributed by atoms with Gasteiger partial charge in [-0.05, 0) is 38.0 Å². The van der Waals surface area contributed by atoms with Crippen molar-refractivity contribution in [3.05, 3.63) is 0 Å². The van der Waals surface area contributed by atoms with Crippen LogP contribution in [0.1, 0.15) is 32.1 Å². The molecule has 3 heterocycles. The molecule has 0 amide bonds. The molecule has 1 unspecified atom stereocenters. The lowest BCUT2D eigenvalue weighted by molar-refractivity contribution is 0.185. The number of hydrogen-bond acceptors (Lipinski definition) is 7. The van der Waals surface area contributed by atoms with Crippen molar-refractivity contribution in [3.63, 3.8) is 0 Å². The Morgan fingerprint density at radius 3 is 2.81 bits per heavy atom.